The first-order chi connectivity index (χ1) is 12.3. The molecule has 148 valence electrons. The lowest BCUT2D eigenvalue weighted by molar-refractivity contribution is -0.157. The van der Waals surface area contributed by atoms with Crippen molar-refractivity contribution >= 4 is 11.9 Å². The molecule has 3 rings (SSSR count). The number of carbonyl (C=O) groups excluding carboxylic acids is 1. The van der Waals surface area contributed by atoms with E-state index in [0.29, 0.717) is 43.9 Å². The zero-order valence-electron chi connectivity index (χ0n) is 16.3. The van der Waals surface area contributed by atoms with Gasteiger partial charge in [-0.05, 0) is 37.0 Å². The van der Waals surface area contributed by atoms with Crippen molar-refractivity contribution < 1.29 is 24.2 Å². The molecular weight excluding hydrogens is 334 g/mol. The third kappa shape index (κ3) is 3.77. The molecule has 0 radical (unpaired) electrons. The number of likely N-dealkylation sites (tertiary alicyclic amines) is 1. The molecule has 0 bridgehead atoms. The van der Waals surface area contributed by atoms with Crippen LogP contribution in [0.4, 0.5) is 0 Å². The van der Waals surface area contributed by atoms with Gasteiger partial charge in [0.05, 0.1) is 18.1 Å². The zero-order chi connectivity index (χ0) is 18.9. The SMILES string of the molecule is CC1CCC(C(C)C)C(OCC(=O)N2C[C@H]3COCC[C@@]3(C(=O)O)C2)C1. The van der Waals surface area contributed by atoms with Crippen molar-refractivity contribution in [2.45, 2.75) is 52.6 Å². The summed E-state index contributed by atoms with van der Waals surface area (Å²) >= 11 is 0. The van der Waals surface area contributed by atoms with Gasteiger partial charge in [0.25, 0.3) is 0 Å². The van der Waals surface area contributed by atoms with Crippen LogP contribution in [0.5, 0.6) is 0 Å². The van der Waals surface area contributed by atoms with Gasteiger partial charge in [-0.25, -0.2) is 0 Å². The normalized spacial score (nSPS) is 37.6. The number of fused-ring (bicyclic) bond motifs is 1. The van der Waals surface area contributed by atoms with E-state index in [2.05, 4.69) is 20.8 Å². The van der Waals surface area contributed by atoms with Crippen LogP contribution in [0.2, 0.25) is 0 Å². The summed E-state index contributed by atoms with van der Waals surface area (Å²) in [6.45, 7) is 8.38. The van der Waals surface area contributed by atoms with Crippen LogP contribution in [0, 0.1) is 29.1 Å². The van der Waals surface area contributed by atoms with E-state index in [9.17, 15) is 14.7 Å². The Morgan fingerprint density at radius 3 is 2.77 bits per heavy atom. The Labute approximate surface area is 156 Å². The van der Waals surface area contributed by atoms with Crippen molar-refractivity contribution in [1.82, 2.24) is 4.90 Å². The molecule has 1 N–H and O–H groups in total. The van der Waals surface area contributed by atoms with Gasteiger partial charge in [-0.3, -0.25) is 9.59 Å². The van der Waals surface area contributed by atoms with E-state index in [-0.39, 0.29) is 31.1 Å². The molecule has 3 aliphatic rings. The third-order valence-electron chi connectivity index (χ3n) is 6.87. The smallest absolute Gasteiger partial charge is 0.311 e. The first kappa shape index (κ1) is 19.6. The molecule has 2 aliphatic heterocycles. The number of rotatable bonds is 5. The maximum absolute atomic E-state index is 12.7. The zero-order valence-corrected chi connectivity index (χ0v) is 16.3. The highest BCUT2D eigenvalue weighted by Crippen LogP contribution is 2.42. The van der Waals surface area contributed by atoms with Gasteiger partial charge < -0.3 is 19.5 Å². The fourth-order valence-corrected chi connectivity index (χ4v) is 5.07. The van der Waals surface area contributed by atoms with Crippen molar-refractivity contribution in [2.75, 3.05) is 32.9 Å². The monoisotopic (exact) mass is 367 g/mol. The largest absolute Gasteiger partial charge is 0.481 e. The highest BCUT2D eigenvalue weighted by Gasteiger charge is 2.54. The number of hydrogen-bond donors (Lipinski definition) is 1. The van der Waals surface area contributed by atoms with Gasteiger partial charge in [0.2, 0.25) is 5.91 Å². The summed E-state index contributed by atoms with van der Waals surface area (Å²) in [4.78, 5) is 26.3. The van der Waals surface area contributed by atoms with E-state index >= 15 is 0 Å². The summed E-state index contributed by atoms with van der Waals surface area (Å²) in [5.41, 5.74) is -0.840. The van der Waals surface area contributed by atoms with E-state index in [1.807, 2.05) is 0 Å². The summed E-state index contributed by atoms with van der Waals surface area (Å²) < 4.78 is 11.5. The minimum absolute atomic E-state index is 0.0594. The molecule has 1 saturated carbocycles. The highest BCUT2D eigenvalue weighted by atomic mass is 16.5. The molecule has 6 nitrogen and oxygen atoms in total. The Kier molecular flexibility index (Phi) is 5.92. The number of aliphatic carboxylic acids is 1. The fraction of sp³-hybridized carbons (Fsp3) is 0.900. The number of carboxylic acids is 1. The molecule has 1 aliphatic carbocycles. The number of hydrogen-bond acceptors (Lipinski definition) is 4. The average Bonchev–Trinajstić information content (AvgIpc) is 3.00. The van der Waals surface area contributed by atoms with E-state index < -0.39 is 11.4 Å². The number of carboxylic acid groups (broad SMARTS) is 1. The number of amides is 1. The van der Waals surface area contributed by atoms with Crippen LogP contribution in [-0.4, -0.2) is 60.9 Å². The Hall–Kier alpha value is -1.14. The predicted molar refractivity (Wildman–Crippen MR) is 96.7 cm³/mol. The maximum atomic E-state index is 12.7. The molecule has 5 atom stereocenters. The lowest BCUT2D eigenvalue weighted by Crippen LogP contribution is -2.45. The van der Waals surface area contributed by atoms with E-state index in [1.165, 1.54) is 6.42 Å². The van der Waals surface area contributed by atoms with Crippen molar-refractivity contribution in [2.24, 2.45) is 29.1 Å². The number of nitrogens with zero attached hydrogens (tertiary/aromatic N) is 1. The van der Waals surface area contributed by atoms with Gasteiger partial charge in [-0.2, -0.15) is 0 Å². The molecule has 6 heteroatoms. The maximum Gasteiger partial charge on any atom is 0.311 e. The average molecular weight is 367 g/mol. The van der Waals surface area contributed by atoms with Crippen LogP contribution in [0.1, 0.15) is 46.5 Å². The van der Waals surface area contributed by atoms with Crippen LogP contribution in [0.3, 0.4) is 0 Å². The number of ether oxygens (including phenoxy) is 2. The van der Waals surface area contributed by atoms with Gasteiger partial charge >= 0.3 is 5.97 Å². The van der Waals surface area contributed by atoms with Gasteiger partial charge in [-0.15, -0.1) is 0 Å². The Balaban J connectivity index is 1.59. The van der Waals surface area contributed by atoms with E-state index in [0.717, 1.165) is 12.8 Å². The first-order valence-electron chi connectivity index (χ1n) is 10.0. The fourth-order valence-electron chi connectivity index (χ4n) is 5.07. The second kappa shape index (κ2) is 7.85. The lowest BCUT2D eigenvalue weighted by atomic mass is 9.74. The van der Waals surface area contributed by atoms with Gasteiger partial charge in [0.1, 0.15) is 6.61 Å². The number of carbonyl (C=O) groups is 2. The molecule has 2 saturated heterocycles. The molecule has 3 fully saturated rings. The van der Waals surface area contributed by atoms with Crippen LogP contribution in [0.15, 0.2) is 0 Å². The van der Waals surface area contributed by atoms with E-state index in [4.69, 9.17) is 9.47 Å². The second-order valence-electron chi connectivity index (χ2n) is 8.93. The molecule has 1 amide bonds. The summed E-state index contributed by atoms with van der Waals surface area (Å²) in [6.07, 6.45) is 4.00. The molecular formula is C20H33NO5. The molecule has 3 unspecified atom stereocenters. The minimum atomic E-state index is -0.840. The van der Waals surface area contributed by atoms with Crippen molar-refractivity contribution in [3.8, 4) is 0 Å². The Morgan fingerprint density at radius 1 is 1.35 bits per heavy atom. The van der Waals surface area contributed by atoms with Gasteiger partial charge in [0, 0.05) is 25.6 Å². The molecule has 0 spiro atoms. The van der Waals surface area contributed by atoms with Crippen molar-refractivity contribution in [3.05, 3.63) is 0 Å². The van der Waals surface area contributed by atoms with E-state index in [1.54, 1.807) is 4.90 Å². The van der Waals surface area contributed by atoms with Crippen LogP contribution in [0.25, 0.3) is 0 Å². The highest BCUT2D eigenvalue weighted by molar-refractivity contribution is 5.82. The third-order valence-corrected chi connectivity index (χ3v) is 6.87. The molecule has 2 heterocycles. The van der Waals surface area contributed by atoms with Gasteiger partial charge in [-0.1, -0.05) is 27.2 Å². The van der Waals surface area contributed by atoms with Crippen LogP contribution < -0.4 is 0 Å². The lowest BCUT2D eigenvalue weighted by Gasteiger charge is -2.37. The van der Waals surface area contributed by atoms with Crippen molar-refractivity contribution in [3.63, 3.8) is 0 Å². The topological polar surface area (TPSA) is 76.1 Å². The van der Waals surface area contributed by atoms with Crippen LogP contribution in [-0.2, 0) is 19.1 Å². The van der Waals surface area contributed by atoms with Crippen LogP contribution >= 0.6 is 0 Å². The summed E-state index contributed by atoms with van der Waals surface area (Å²) in [5.74, 6) is 0.676. The minimum Gasteiger partial charge on any atom is -0.481 e. The first-order valence-corrected chi connectivity index (χ1v) is 10.0. The predicted octanol–water partition coefficient (Wildman–Crippen LogP) is 2.41. The standard InChI is InChI=1S/C20H33NO5/c1-13(2)16-5-4-14(3)8-17(16)26-11-18(22)21-9-15-10-25-7-6-20(15,12-21)19(23)24/h13-17H,4-12H2,1-3H3,(H,23,24)/t14?,15-,16?,17?,20+/m0/s1. The summed E-state index contributed by atoms with van der Waals surface area (Å²) in [5, 5.41) is 9.73. The van der Waals surface area contributed by atoms with Gasteiger partial charge in [0.15, 0.2) is 0 Å². The van der Waals surface area contributed by atoms with Crippen molar-refractivity contribution in [1.29, 1.82) is 0 Å². The molecule has 0 aromatic heterocycles. The molecule has 26 heavy (non-hydrogen) atoms. The summed E-state index contributed by atoms with van der Waals surface area (Å²) in [7, 11) is 0. The Morgan fingerprint density at radius 2 is 2.12 bits per heavy atom. The molecule has 0 aromatic carbocycles. The Bertz CT molecular complexity index is 536. The second-order valence-corrected chi connectivity index (χ2v) is 8.93. The quantitative estimate of drug-likeness (QED) is 0.808. The summed E-state index contributed by atoms with van der Waals surface area (Å²) in [6, 6.07) is 0. The molecule has 0 aromatic rings.